The first-order valence-electron chi connectivity index (χ1n) is 7.49. The third-order valence-electron chi connectivity index (χ3n) is 3.63. The van der Waals surface area contributed by atoms with Crippen LogP contribution in [-0.2, 0) is 15.6 Å². The maximum Gasteiger partial charge on any atom is 0.251 e. The number of thiophene rings is 1. The van der Waals surface area contributed by atoms with Gasteiger partial charge in [0.2, 0.25) is 0 Å². The zero-order valence-corrected chi connectivity index (χ0v) is 15.7. The van der Waals surface area contributed by atoms with Crippen LogP contribution in [0, 0.1) is 0 Å². The summed E-state index contributed by atoms with van der Waals surface area (Å²) in [6.07, 6.45) is 1.18. The molecule has 5 nitrogen and oxygen atoms in total. The lowest BCUT2D eigenvalue weighted by molar-refractivity contribution is 0.0942. The number of sulfone groups is 1. The average molecular weight is 367 g/mol. The van der Waals surface area contributed by atoms with E-state index in [4.69, 9.17) is 0 Å². The Bertz CT molecular complexity index is 784. The summed E-state index contributed by atoms with van der Waals surface area (Å²) in [5.41, 5.74) is 2.25. The van der Waals surface area contributed by atoms with E-state index in [1.54, 1.807) is 35.6 Å². The molecule has 0 fully saturated rings. The van der Waals surface area contributed by atoms with Gasteiger partial charge in [-0.25, -0.2) is 8.42 Å². The molecule has 2 aromatic rings. The van der Waals surface area contributed by atoms with Gasteiger partial charge in [-0.15, -0.1) is 0 Å². The molecule has 0 saturated heterocycles. The summed E-state index contributed by atoms with van der Waals surface area (Å²) in [4.78, 5) is 14.4. The van der Waals surface area contributed by atoms with Crippen molar-refractivity contribution in [3.8, 4) is 0 Å². The maximum atomic E-state index is 12.4. The van der Waals surface area contributed by atoms with Crippen LogP contribution in [0.1, 0.15) is 27.5 Å². The highest BCUT2D eigenvalue weighted by molar-refractivity contribution is 7.89. The zero-order valence-electron chi connectivity index (χ0n) is 14.0. The molecule has 0 aliphatic carbocycles. The van der Waals surface area contributed by atoms with Gasteiger partial charge in [0, 0.05) is 18.4 Å². The minimum atomic E-state index is -3.12. The number of hydrogen-bond donors (Lipinski definition) is 1. The average Bonchev–Trinajstić information content (AvgIpc) is 2.99. The van der Waals surface area contributed by atoms with Crippen molar-refractivity contribution in [2.24, 2.45) is 0 Å². The Labute approximate surface area is 147 Å². The second-order valence-corrected chi connectivity index (χ2v) is 8.94. The molecular formula is C17H22N2O3S2. The fourth-order valence-electron chi connectivity index (χ4n) is 2.46. The van der Waals surface area contributed by atoms with Crippen molar-refractivity contribution in [1.29, 1.82) is 0 Å². The van der Waals surface area contributed by atoms with Crippen LogP contribution in [0.25, 0.3) is 0 Å². The summed E-state index contributed by atoms with van der Waals surface area (Å²) < 4.78 is 22.8. The summed E-state index contributed by atoms with van der Waals surface area (Å²) in [6, 6.07) is 8.89. The normalized spacial score (nSPS) is 13.0. The maximum absolute atomic E-state index is 12.4. The van der Waals surface area contributed by atoms with Crippen LogP contribution in [0.4, 0.5) is 0 Å². The first-order chi connectivity index (χ1) is 11.3. The predicted octanol–water partition coefficient (Wildman–Crippen LogP) is 2.33. The van der Waals surface area contributed by atoms with E-state index >= 15 is 0 Å². The number of benzene rings is 1. The molecule has 1 aromatic carbocycles. The Morgan fingerprint density at radius 1 is 1.29 bits per heavy atom. The van der Waals surface area contributed by atoms with Crippen LogP contribution in [0.3, 0.4) is 0 Å². The monoisotopic (exact) mass is 366 g/mol. The largest absolute Gasteiger partial charge is 0.350 e. The molecule has 2 rings (SSSR count). The molecule has 0 radical (unpaired) electrons. The molecule has 1 aromatic heterocycles. The van der Waals surface area contributed by atoms with Gasteiger partial charge in [-0.3, -0.25) is 4.79 Å². The molecule has 1 heterocycles. The molecule has 24 heavy (non-hydrogen) atoms. The minimum absolute atomic E-state index is 0.0661. The van der Waals surface area contributed by atoms with Crippen LogP contribution in [0.15, 0.2) is 41.1 Å². The quantitative estimate of drug-likeness (QED) is 0.817. The fraction of sp³-hybridized carbons (Fsp3) is 0.353. The smallest absolute Gasteiger partial charge is 0.251 e. The number of hydrogen-bond acceptors (Lipinski definition) is 5. The lowest BCUT2D eigenvalue weighted by Crippen LogP contribution is -2.34. The topological polar surface area (TPSA) is 66.5 Å². The van der Waals surface area contributed by atoms with Gasteiger partial charge in [-0.05, 0) is 54.2 Å². The van der Waals surface area contributed by atoms with Gasteiger partial charge in [0.25, 0.3) is 5.91 Å². The highest BCUT2D eigenvalue weighted by Crippen LogP contribution is 2.20. The molecule has 1 atom stereocenters. The van der Waals surface area contributed by atoms with Gasteiger partial charge in [0.1, 0.15) is 0 Å². The summed E-state index contributed by atoms with van der Waals surface area (Å²) >= 11 is 1.63. The molecule has 0 aliphatic heterocycles. The molecule has 0 unspecified atom stereocenters. The molecule has 1 N–H and O–H groups in total. The van der Waals surface area contributed by atoms with Crippen molar-refractivity contribution < 1.29 is 13.2 Å². The second kappa shape index (κ2) is 7.92. The number of carbonyl (C=O) groups is 1. The molecule has 0 saturated carbocycles. The predicted molar refractivity (Wildman–Crippen MR) is 98.1 cm³/mol. The number of nitrogens with zero attached hydrogens (tertiary/aromatic N) is 1. The van der Waals surface area contributed by atoms with Crippen molar-refractivity contribution in [2.75, 3.05) is 26.9 Å². The van der Waals surface area contributed by atoms with Crippen molar-refractivity contribution in [2.45, 2.75) is 11.8 Å². The molecule has 7 heteroatoms. The second-order valence-electron chi connectivity index (χ2n) is 6.02. The van der Waals surface area contributed by atoms with Crippen molar-refractivity contribution in [3.05, 3.63) is 57.8 Å². The number of carbonyl (C=O) groups excluding carboxylic acids is 1. The lowest BCUT2D eigenvalue weighted by Gasteiger charge is -2.24. The fourth-order valence-corrected chi connectivity index (χ4v) is 3.95. The van der Waals surface area contributed by atoms with Gasteiger partial charge in [0.05, 0.1) is 11.8 Å². The molecule has 1 amide bonds. The van der Waals surface area contributed by atoms with E-state index in [2.05, 4.69) is 15.6 Å². The minimum Gasteiger partial charge on any atom is -0.350 e. The van der Waals surface area contributed by atoms with Gasteiger partial charge in [-0.2, -0.15) is 11.3 Å². The highest BCUT2D eigenvalue weighted by atomic mass is 32.2. The SMILES string of the molecule is CN(C)[C@H](CNC(=O)c1cccc(CS(C)(=O)=O)c1)c1ccsc1. The van der Waals surface area contributed by atoms with E-state index in [1.807, 2.05) is 25.5 Å². The van der Waals surface area contributed by atoms with Crippen LogP contribution in [0.5, 0.6) is 0 Å². The van der Waals surface area contributed by atoms with Crippen LogP contribution >= 0.6 is 11.3 Å². The summed E-state index contributed by atoms with van der Waals surface area (Å²) in [6.45, 7) is 0.485. The van der Waals surface area contributed by atoms with Gasteiger partial charge >= 0.3 is 0 Å². The molecule has 0 bridgehead atoms. The Morgan fingerprint density at radius 2 is 2.04 bits per heavy atom. The third-order valence-corrected chi connectivity index (χ3v) is 5.18. The van der Waals surface area contributed by atoms with Gasteiger partial charge in [-0.1, -0.05) is 12.1 Å². The molecule has 130 valence electrons. The third kappa shape index (κ3) is 5.43. The summed E-state index contributed by atoms with van der Waals surface area (Å²) in [5.74, 6) is -0.268. The first-order valence-corrected chi connectivity index (χ1v) is 10.5. The van der Waals surface area contributed by atoms with Crippen molar-refractivity contribution in [3.63, 3.8) is 0 Å². The molecular weight excluding hydrogens is 344 g/mol. The molecule has 0 aliphatic rings. The number of rotatable bonds is 7. The first kappa shape index (κ1) is 18.6. The van der Waals surface area contributed by atoms with E-state index in [-0.39, 0.29) is 17.7 Å². The van der Waals surface area contributed by atoms with Crippen molar-refractivity contribution >= 4 is 27.1 Å². The number of nitrogens with one attached hydrogen (secondary N) is 1. The standard InChI is InChI=1S/C17H22N2O3S2/c1-19(2)16(15-7-8-23-11-15)10-18-17(20)14-6-4-5-13(9-14)12-24(3,21)22/h4-9,11,16H,10,12H2,1-3H3,(H,18,20)/t16-/m1/s1. The van der Waals surface area contributed by atoms with Crippen LogP contribution in [-0.4, -0.2) is 46.1 Å². The lowest BCUT2D eigenvalue weighted by atomic mass is 10.1. The number of amides is 1. The highest BCUT2D eigenvalue weighted by Gasteiger charge is 2.16. The summed E-state index contributed by atoms with van der Waals surface area (Å²) in [7, 11) is 0.823. The van der Waals surface area contributed by atoms with Crippen LogP contribution < -0.4 is 5.32 Å². The van der Waals surface area contributed by atoms with Crippen LogP contribution in [0.2, 0.25) is 0 Å². The summed E-state index contributed by atoms with van der Waals surface area (Å²) in [5, 5.41) is 7.02. The van der Waals surface area contributed by atoms with E-state index in [0.717, 1.165) is 5.56 Å². The zero-order chi connectivity index (χ0) is 17.7. The Hall–Kier alpha value is -1.70. The van der Waals surface area contributed by atoms with Gasteiger partial charge < -0.3 is 10.2 Å². The van der Waals surface area contributed by atoms with Gasteiger partial charge in [0.15, 0.2) is 9.84 Å². The Balaban J connectivity index is 2.05. The van der Waals surface area contributed by atoms with E-state index in [1.165, 1.54) is 6.26 Å². The van der Waals surface area contributed by atoms with E-state index in [9.17, 15) is 13.2 Å². The van der Waals surface area contributed by atoms with Crippen molar-refractivity contribution in [1.82, 2.24) is 10.2 Å². The van der Waals surface area contributed by atoms with E-state index in [0.29, 0.717) is 17.7 Å². The number of likely N-dealkylation sites (N-methyl/N-ethyl adjacent to an activating group) is 1. The Kier molecular flexibility index (Phi) is 6.15. The Morgan fingerprint density at radius 3 is 2.62 bits per heavy atom. The molecule has 0 spiro atoms. The van der Waals surface area contributed by atoms with E-state index < -0.39 is 9.84 Å².